The number of methoxy groups -OCH3 is 1. The van der Waals surface area contributed by atoms with Crippen molar-refractivity contribution in [3.8, 4) is 5.75 Å². The molecule has 1 fully saturated rings. The van der Waals surface area contributed by atoms with Gasteiger partial charge in [-0.15, -0.1) is 0 Å². The summed E-state index contributed by atoms with van der Waals surface area (Å²) in [7, 11) is 1.65. The summed E-state index contributed by atoms with van der Waals surface area (Å²) >= 11 is 0. The molecule has 1 aliphatic heterocycles. The van der Waals surface area contributed by atoms with Gasteiger partial charge in [0, 0.05) is 13.0 Å². The summed E-state index contributed by atoms with van der Waals surface area (Å²) in [4.78, 5) is 11.4. The van der Waals surface area contributed by atoms with E-state index in [1.807, 2.05) is 24.3 Å². The maximum absolute atomic E-state index is 11.4. The molecular weight excluding hydrogens is 190 g/mol. The van der Waals surface area contributed by atoms with E-state index < -0.39 is 0 Å². The molecule has 0 amide bonds. The van der Waals surface area contributed by atoms with E-state index in [-0.39, 0.29) is 6.04 Å². The molecule has 0 saturated carbocycles. The van der Waals surface area contributed by atoms with Crippen LogP contribution in [0.15, 0.2) is 24.3 Å². The number of carbonyl (C=O) groups excluding carboxylic acids is 1. The third-order valence-electron chi connectivity index (χ3n) is 2.72. The first-order valence-electron chi connectivity index (χ1n) is 5.18. The average Bonchev–Trinajstić information content (AvgIpc) is 2.65. The summed E-state index contributed by atoms with van der Waals surface area (Å²) < 4.78 is 5.14. The maximum atomic E-state index is 11.4. The molecule has 80 valence electrons. The summed E-state index contributed by atoms with van der Waals surface area (Å²) in [6.07, 6.45) is 1.42. The Balaban J connectivity index is 2.06. The van der Waals surface area contributed by atoms with Gasteiger partial charge in [-0.1, -0.05) is 12.1 Å². The summed E-state index contributed by atoms with van der Waals surface area (Å²) in [6.45, 7) is 0.813. The number of hydrogen-bond acceptors (Lipinski definition) is 3. The highest BCUT2D eigenvalue weighted by molar-refractivity contribution is 5.86. The topological polar surface area (TPSA) is 38.3 Å². The Morgan fingerprint density at radius 3 is 3.07 bits per heavy atom. The van der Waals surface area contributed by atoms with Gasteiger partial charge in [-0.25, -0.2) is 0 Å². The predicted molar refractivity (Wildman–Crippen MR) is 58.1 cm³/mol. The minimum absolute atomic E-state index is 0.00268. The van der Waals surface area contributed by atoms with Gasteiger partial charge < -0.3 is 10.1 Å². The molecule has 1 aromatic carbocycles. The molecule has 1 unspecified atom stereocenters. The van der Waals surface area contributed by atoms with Gasteiger partial charge in [0.1, 0.15) is 5.75 Å². The van der Waals surface area contributed by atoms with E-state index in [4.69, 9.17) is 4.74 Å². The van der Waals surface area contributed by atoms with Crippen LogP contribution in [0.2, 0.25) is 0 Å². The van der Waals surface area contributed by atoms with Crippen molar-refractivity contribution in [2.75, 3.05) is 13.7 Å². The Morgan fingerprint density at radius 1 is 1.53 bits per heavy atom. The highest BCUT2D eigenvalue weighted by Crippen LogP contribution is 2.15. The normalized spacial score (nSPS) is 20.6. The maximum Gasteiger partial charge on any atom is 0.151 e. The van der Waals surface area contributed by atoms with Gasteiger partial charge in [-0.3, -0.25) is 4.79 Å². The van der Waals surface area contributed by atoms with E-state index in [0.29, 0.717) is 12.2 Å². The van der Waals surface area contributed by atoms with Gasteiger partial charge in [-0.05, 0) is 24.1 Å². The van der Waals surface area contributed by atoms with Gasteiger partial charge in [0.15, 0.2) is 5.78 Å². The molecule has 1 heterocycles. The molecule has 1 N–H and O–H groups in total. The largest absolute Gasteiger partial charge is 0.497 e. The number of nitrogens with one attached hydrogen (secondary N) is 1. The zero-order valence-corrected chi connectivity index (χ0v) is 8.82. The van der Waals surface area contributed by atoms with Gasteiger partial charge in [0.25, 0.3) is 0 Å². The van der Waals surface area contributed by atoms with Gasteiger partial charge in [0.2, 0.25) is 0 Å². The summed E-state index contributed by atoms with van der Waals surface area (Å²) in [5, 5.41) is 3.20. The molecule has 0 bridgehead atoms. The third-order valence-corrected chi connectivity index (χ3v) is 2.72. The van der Waals surface area contributed by atoms with E-state index in [1.54, 1.807) is 7.11 Å². The lowest BCUT2D eigenvalue weighted by molar-refractivity contribution is -0.118. The fourth-order valence-electron chi connectivity index (χ4n) is 1.88. The van der Waals surface area contributed by atoms with Gasteiger partial charge >= 0.3 is 0 Å². The first-order valence-corrected chi connectivity index (χ1v) is 5.18. The van der Waals surface area contributed by atoms with Crippen LogP contribution >= 0.6 is 0 Å². The fraction of sp³-hybridized carbons (Fsp3) is 0.417. The zero-order valence-electron chi connectivity index (χ0n) is 8.82. The number of ketones is 1. The van der Waals surface area contributed by atoms with Crippen LogP contribution in [0.25, 0.3) is 0 Å². The van der Waals surface area contributed by atoms with E-state index in [1.165, 1.54) is 0 Å². The number of Topliss-reactive ketones (excluding diaryl/α,β-unsaturated/α-hetero) is 1. The van der Waals surface area contributed by atoms with E-state index in [0.717, 1.165) is 24.3 Å². The van der Waals surface area contributed by atoms with E-state index in [2.05, 4.69) is 5.32 Å². The monoisotopic (exact) mass is 205 g/mol. The van der Waals surface area contributed by atoms with Crippen molar-refractivity contribution in [3.63, 3.8) is 0 Å². The molecule has 2 rings (SSSR count). The second kappa shape index (κ2) is 4.45. The molecule has 15 heavy (non-hydrogen) atoms. The van der Waals surface area contributed by atoms with Crippen molar-refractivity contribution in [1.29, 1.82) is 0 Å². The number of ether oxygens (including phenoxy) is 1. The van der Waals surface area contributed by atoms with E-state index >= 15 is 0 Å². The van der Waals surface area contributed by atoms with Crippen LogP contribution in [-0.2, 0) is 11.2 Å². The van der Waals surface area contributed by atoms with Crippen molar-refractivity contribution < 1.29 is 9.53 Å². The molecule has 0 spiro atoms. The van der Waals surface area contributed by atoms with Crippen LogP contribution in [0.1, 0.15) is 12.0 Å². The second-order valence-electron chi connectivity index (χ2n) is 3.78. The Hall–Kier alpha value is -1.35. The summed E-state index contributed by atoms with van der Waals surface area (Å²) in [5.74, 6) is 1.16. The first-order chi connectivity index (χ1) is 7.29. The Morgan fingerprint density at radius 2 is 2.40 bits per heavy atom. The molecule has 1 atom stereocenters. The molecule has 3 heteroatoms. The first kappa shape index (κ1) is 10.2. The Kier molecular flexibility index (Phi) is 3.02. The highest BCUT2D eigenvalue weighted by Gasteiger charge is 2.23. The summed E-state index contributed by atoms with van der Waals surface area (Å²) in [6, 6.07) is 7.86. The zero-order chi connectivity index (χ0) is 10.7. The van der Waals surface area contributed by atoms with E-state index in [9.17, 15) is 4.79 Å². The molecule has 1 aliphatic rings. The lowest BCUT2D eigenvalue weighted by Crippen LogP contribution is -2.29. The predicted octanol–water partition coefficient (Wildman–Crippen LogP) is 1.17. The summed E-state index contributed by atoms with van der Waals surface area (Å²) in [5.41, 5.74) is 1.14. The van der Waals surface area contributed by atoms with Crippen LogP contribution in [0.3, 0.4) is 0 Å². The minimum atomic E-state index is -0.00268. The van der Waals surface area contributed by atoms with Crippen molar-refractivity contribution in [2.24, 2.45) is 0 Å². The molecule has 0 aromatic heterocycles. The van der Waals surface area contributed by atoms with Crippen molar-refractivity contribution in [3.05, 3.63) is 29.8 Å². The molecule has 1 saturated heterocycles. The molecule has 1 aromatic rings. The Bertz CT molecular complexity index is 362. The Labute approximate surface area is 89.4 Å². The van der Waals surface area contributed by atoms with Crippen LogP contribution < -0.4 is 10.1 Å². The van der Waals surface area contributed by atoms with Gasteiger partial charge in [0.05, 0.1) is 13.2 Å². The van der Waals surface area contributed by atoms with Crippen LogP contribution in [0.5, 0.6) is 5.75 Å². The minimum Gasteiger partial charge on any atom is -0.497 e. The van der Waals surface area contributed by atoms with Crippen LogP contribution in [-0.4, -0.2) is 25.5 Å². The average molecular weight is 205 g/mol. The number of hydrogen-bond donors (Lipinski definition) is 1. The standard InChI is InChI=1S/C12H15NO2/c1-15-10-4-2-3-9(7-10)8-11-12(14)5-6-13-11/h2-4,7,11,13H,5-6,8H2,1H3. The lowest BCUT2D eigenvalue weighted by Gasteiger charge is -2.09. The smallest absolute Gasteiger partial charge is 0.151 e. The van der Waals surface area contributed by atoms with Crippen molar-refractivity contribution in [2.45, 2.75) is 18.9 Å². The second-order valence-corrected chi connectivity index (χ2v) is 3.78. The highest BCUT2D eigenvalue weighted by atomic mass is 16.5. The number of rotatable bonds is 3. The molecule has 0 radical (unpaired) electrons. The fourth-order valence-corrected chi connectivity index (χ4v) is 1.88. The lowest BCUT2D eigenvalue weighted by atomic mass is 10.0. The molecule has 0 aliphatic carbocycles. The van der Waals surface area contributed by atoms with Crippen LogP contribution in [0.4, 0.5) is 0 Å². The molecule has 3 nitrogen and oxygen atoms in total. The number of benzene rings is 1. The quantitative estimate of drug-likeness (QED) is 0.805. The number of carbonyl (C=O) groups is 1. The van der Waals surface area contributed by atoms with Gasteiger partial charge in [-0.2, -0.15) is 0 Å². The van der Waals surface area contributed by atoms with Crippen molar-refractivity contribution in [1.82, 2.24) is 5.32 Å². The molecular formula is C12H15NO2. The third kappa shape index (κ3) is 2.36. The van der Waals surface area contributed by atoms with Crippen molar-refractivity contribution >= 4 is 5.78 Å². The SMILES string of the molecule is COc1cccc(CC2NCCC2=O)c1. The van der Waals surface area contributed by atoms with Crippen LogP contribution in [0, 0.1) is 0 Å².